The molecule has 0 radical (unpaired) electrons. The Hall–Kier alpha value is -0.310. The molecule has 0 aromatic heterocycles. The zero-order chi connectivity index (χ0) is 8.15. The van der Waals surface area contributed by atoms with Gasteiger partial charge >= 0.3 is 0 Å². The zero-order valence-corrected chi connectivity index (χ0v) is 7.86. The van der Waals surface area contributed by atoms with Gasteiger partial charge in [-0.3, -0.25) is 4.79 Å². The lowest BCUT2D eigenvalue weighted by Gasteiger charge is -2.07. The van der Waals surface area contributed by atoms with Crippen LogP contribution in [-0.2, 0) is 4.79 Å². The predicted octanol–water partition coefficient (Wildman–Crippen LogP) is 1.46. The molecule has 1 amide bonds. The van der Waals surface area contributed by atoms with Crippen molar-refractivity contribution in [3.8, 4) is 0 Å². The highest BCUT2D eigenvalue weighted by molar-refractivity contribution is 9.09. The van der Waals surface area contributed by atoms with Crippen molar-refractivity contribution in [3.63, 3.8) is 0 Å². The summed E-state index contributed by atoms with van der Waals surface area (Å²) in [7, 11) is 0. The van der Waals surface area contributed by atoms with E-state index in [9.17, 15) is 4.79 Å². The van der Waals surface area contributed by atoms with E-state index in [1.54, 1.807) is 0 Å². The van der Waals surface area contributed by atoms with Gasteiger partial charge in [-0.15, -0.1) is 0 Å². The number of carbonyl (C=O) groups excluding carboxylic acids is 1. The van der Waals surface area contributed by atoms with Crippen LogP contribution in [0.5, 0.6) is 0 Å². The maximum absolute atomic E-state index is 10.9. The summed E-state index contributed by atoms with van der Waals surface area (Å²) in [4.78, 5) is 10.9. The Morgan fingerprint density at radius 3 is 2.50 bits per heavy atom. The minimum absolute atomic E-state index is 0.0770. The van der Waals surface area contributed by atoms with Crippen LogP contribution < -0.4 is 5.32 Å². The smallest absolute Gasteiger partial charge is 0.247 e. The number of hydrogen-bond donors (Lipinski definition) is 1. The average Bonchev–Trinajstić information content (AvgIpc) is 1.85. The van der Waals surface area contributed by atoms with Crippen molar-refractivity contribution in [3.05, 3.63) is 12.2 Å². The van der Waals surface area contributed by atoms with E-state index in [2.05, 4.69) is 27.8 Å². The average molecular weight is 206 g/mol. The highest BCUT2D eigenvalue weighted by Gasteiger charge is 2.04. The summed E-state index contributed by atoms with van der Waals surface area (Å²) in [5, 5.41) is 3.26. The van der Waals surface area contributed by atoms with Crippen molar-refractivity contribution in [1.82, 2.24) is 5.32 Å². The number of rotatable bonds is 3. The van der Waals surface area contributed by atoms with Crippen LogP contribution in [0.4, 0.5) is 0 Å². The molecule has 0 atom stereocenters. The fourth-order valence-corrected chi connectivity index (χ4v) is 0.680. The van der Waals surface area contributed by atoms with Gasteiger partial charge in [-0.2, -0.15) is 0 Å². The largest absolute Gasteiger partial charge is 0.350 e. The third-order valence-electron chi connectivity index (χ3n) is 0.902. The molecule has 0 aliphatic rings. The molecule has 0 aliphatic carbocycles. The Bertz CT molecular complexity index is 143. The highest BCUT2D eigenvalue weighted by Crippen LogP contribution is 1.95. The number of nitrogens with one attached hydrogen (secondary N) is 1. The van der Waals surface area contributed by atoms with E-state index < -0.39 is 0 Å². The fourth-order valence-electron chi connectivity index (χ4n) is 0.425. The molecule has 3 heteroatoms. The number of halogens is 1. The van der Waals surface area contributed by atoms with Crippen molar-refractivity contribution < 1.29 is 4.79 Å². The molecule has 0 saturated heterocycles. The lowest BCUT2D eigenvalue weighted by atomic mass is 10.3. The second kappa shape index (κ2) is 4.50. The Balaban J connectivity index is 3.74. The van der Waals surface area contributed by atoms with Crippen LogP contribution in [0, 0.1) is 0 Å². The van der Waals surface area contributed by atoms with Gasteiger partial charge in [0.05, 0.1) is 0 Å². The third-order valence-corrected chi connectivity index (χ3v) is 1.58. The summed E-state index contributed by atoms with van der Waals surface area (Å²) in [6.07, 6.45) is 0. The van der Waals surface area contributed by atoms with Gasteiger partial charge in [-0.05, 0) is 13.8 Å². The molecule has 1 N–H and O–H groups in total. The predicted molar refractivity (Wildman–Crippen MR) is 46.2 cm³/mol. The van der Waals surface area contributed by atoms with Crippen LogP contribution in [-0.4, -0.2) is 17.3 Å². The van der Waals surface area contributed by atoms with Gasteiger partial charge in [0.25, 0.3) is 0 Å². The number of carbonyl (C=O) groups is 1. The van der Waals surface area contributed by atoms with E-state index in [-0.39, 0.29) is 11.9 Å². The maximum Gasteiger partial charge on any atom is 0.247 e. The molecule has 0 rings (SSSR count). The van der Waals surface area contributed by atoms with Crippen molar-refractivity contribution in [1.29, 1.82) is 0 Å². The van der Waals surface area contributed by atoms with Crippen LogP contribution >= 0.6 is 15.9 Å². The quantitative estimate of drug-likeness (QED) is 0.549. The SMILES string of the molecule is C=C(CBr)C(=O)NC(C)C. The number of alkyl halides is 1. The molecule has 0 saturated carbocycles. The molecule has 0 heterocycles. The summed E-state index contributed by atoms with van der Waals surface area (Å²) in [5.41, 5.74) is 0.564. The summed E-state index contributed by atoms with van der Waals surface area (Å²) < 4.78 is 0. The van der Waals surface area contributed by atoms with Gasteiger partial charge in [-0.1, -0.05) is 22.5 Å². The van der Waals surface area contributed by atoms with Crippen molar-refractivity contribution in [2.75, 3.05) is 5.33 Å². The van der Waals surface area contributed by atoms with Crippen molar-refractivity contribution in [2.45, 2.75) is 19.9 Å². The second-order valence-corrected chi connectivity index (χ2v) is 2.93. The summed E-state index contributed by atoms with van der Waals surface area (Å²) >= 11 is 3.14. The third kappa shape index (κ3) is 3.67. The molecule has 0 aromatic rings. The van der Waals surface area contributed by atoms with E-state index >= 15 is 0 Å². The lowest BCUT2D eigenvalue weighted by molar-refractivity contribution is -0.117. The molecule has 0 bridgehead atoms. The summed E-state index contributed by atoms with van der Waals surface area (Å²) in [6, 6.07) is 0.184. The van der Waals surface area contributed by atoms with Gasteiger partial charge in [-0.25, -0.2) is 0 Å². The van der Waals surface area contributed by atoms with E-state index in [4.69, 9.17) is 0 Å². The fraction of sp³-hybridized carbons (Fsp3) is 0.571. The molecule has 0 fully saturated rings. The second-order valence-electron chi connectivity index (χ2n) is 2.37. The summed E-state index contributed by atoms with van der Waals surface area (Å²) in [5.74, 6) is -0.0770. The van der Waals surface area contributed by atoms with Crippen LogP contribution in [0.3, 0.4) is 0 Å². The first-order chi connectivity index (χ1) is 4.57. The van der Waals surface area contributed by atoms with Crippen molar-refractivity contribution >= 4 is 21.8 Å². The monoisotopic (exact) mass is 205 g/mol. The van der Waals surface area contributed by atoms with Crippen molar-refractivity contribution in [2.24, 2.45) is 0 Å². The lowest BCUT2D eigenvalue weighted by Crippen LogP contribution is -2.31. The molecule has 58 valence electrons. The Kier molecular flexibility index (Phi) is 4.36. The first-order valence-electron chi connectivity index (χ1n) is 3.12. The van der Waals surface area contributed by atoms with Crippen LogP contribution in [0.2, 0.25) is 0 Å². The first kappa shape index (κ1) is 9.69. The van der Waals surface area contributed by atoms with E-state index in [1.807, 2.05) is 13.8 Å². The number of hydrogen-bond acceptors (Lipinski definition) is 1. The molecule has 0 aliphatic heterocycles. The van der Waals surface area contributed by atoms with Crippen LogP contribution in [0.1, 0.15) is 13.8 Å². The van der Waals surface area contributed by atoms with Gasteiger partial charge in [0.2, 0.25) is 5.91 Å². The molecule has 0 unspecified atom stereocenters. The van der Waals surface area contributed by atoms with Gasteiger partial charge in [0, 0.05) is 16.9 Å². The molecule has 0 spiro atoms. The Morgan fingerprint density at radius 2 is 2.20 bits per heavy atom. The van der Waals surface area contributed by atoms with E-state index in [0.717, 1.165) is 0 Å². The topological polar surface area (TPSA) is 29.1 Å². The normalized spacial score (nSPS) is 9.60. The zero-order valence-electron chi connectivity index (χ0n) is 6.28. The molecule has 10 heavy (non-hydrogen) atoms. The Morgan fingerprint density at radius 1 is 1.70 bits per heavy atom. The van der Waals surface area contributed by atoms with Crippen LogP contribution in [0.15, 0.2) is 12.2 Å². The Labute approximate surface area is 69.8 Å². The minimum Gasteiger partial charge on any atom is -0.350 e. The summed E-state index contributed by atoms with van der Waals surface area (Å²) in [6.45, 7) is 7.40. The van der Waals surface area contributed by atoms with Gasteiger partial charge in [0.15, 0.2) is 0 Å². The van der Waals surface area contributed by atoms with Gasteiger partial charge < -0.3 is 5.32 Å². The first-order valence-corrected chi connectivity index (χ1v) is 4.24. The van der Waals surface area contributed by atoms with Gasteiger partial charge in [0.1, 0.15) is 0 Å². The molecular weight excluding hydrogens is 194 g/mol. The number of amides is 1. The minimum atomic E-state index is -0.0770. The standard InChI is InChI=1S/C7H12BrNO/c1-5(2)9-7(10)6(3)4-8/h5H,3-4H2,1-2H3,(H,9,10). The van der Waals surface area contributed by atoms with E-state index in [1.165, 1.54) is 0 Å². The highest BCUT2D eigenvalue weighted by atomic mass is 79.9. The molecule has 0 aromatic carbocycles. The van der Waals surface area contributed by atoms with Crippen LogP contribution in [0.25, 0.3) is 0 Å². The van der Waals surface area contributed by atoms with E-state index in [0.29, 0.717) is 10.9 Å². The molecule has 2 nitrogen and oxygen atoms in total. The maximum atomic E-state index is 10.9. The molecular formula is C7H12BrNO.